The maximum atomic E-state index is 12.9. The maximum Gasteiger partial charge on any atom is 0.251 e. The Morgan fingerprint density at radius 2 is 1.83 bits per heavy atom. The van der Waals surface area contributed by atoms with Crippen LogP contribution in [0.25, 0.3) is 0 Å². The van der Waals surface area contributed by atoms with E-state index in [1.807, 2.05) is 43.0 Å². The van der Waals surface area contributed by atoms with Gasteiger partial charge in [0.1, 0.15) is 0 Å². The van der Waals surface area contributed by atoms with Crippen LogP contribution in [0.3, 0.4) is 0 Å². The van der Waals surface area contributed by atoms with Crippen molar-refractivity contribution in [3.8, 4) is 0 Å². The van der Waals surface area contributed by atoms with Crippen LogP contribution in [0.1, 0.15) is 41.8 Å². The average molecular weight is 406 g/mol. The molecule has 1 atom stereocenters. The standard InChI is InChI=1S/C25H31N3O2/c1-18(2)26-25(30)22-9-7-19(8-10-22)15-20-11-13-27(16-20)17-24(29)28-14-12-21-5-3-4-6-23(21)28/h3-10,18,20H,11-17H2,1-2H3,(H,26,30). The Hall–Kier alpha value is -2.66. The van der Waals surface area contributed by atoms with E-state index in [9.17, 15) is 9.59 Å². The molecule has 1 saturated heterocycles. The van der Waals surface area contributed by atoms with Gasteiger partial charge in [-0.25, -0.2) is 0 Å². The van der Waals surface area contributed by atoms with Gasteiger partial charge in [0.2, 0.25) is 5.91 Å². The van der Waals surface area contributed by atoms with Crippen LogP contribution >= 0.6 is 0 Å². The third-order valence-corrected chi connectivity index (χ3v) is 6.08. The van der Waals surface area contributed by atoms with Crippen molar-refractivity contribution in [1.82, 2.24) is 10.2 Å². The number of hydrogen-bond donors (Lipinski definition) is 1. The summed E-state index contributed by atoms with van der Waals surface area (Å²) in [5.41, 5.74) is 4.32. The monoisotopic (exact) mass is 405 g/mol. The SMILES string of the molecule is CC(C)NC(=O)c1ccc(CC2CCN(CC(=O)N3CCc4ccccc43)C2)cc1. The van der Waals surface area contributed by atoms with Crippen molar-refractivity contribution in [2.75, 3.05) is 31.1 Å². The van der Waals surface area contributed by atoms with Crippen molar-refractivity contribution in [1.29, 1.82) is 0 Å². The lowest BCUT2D eigenvalue weighted by molar-refractivity contribution is -0.119. The summed E-state index contributed by atoms with van der Waals surface area (Å²) in [4.78, 5) is 29.2. The number of nitrogens with zero attached hydrogens (tertiary/aromatic N) is 2. The number of para-hydroxylation sites is 1. The molecule has 4 rings (SSSR count). The number of nitrogens with one attached hydrogen (secondary N) is 1. The number of likely N-dealkylation sites (tertiary alicyclic amines) is 1. The Bertz CT molecular complexity index is 907. The largest absolute Gasteiger partial charge is 0.350 e. The number of benzene rings is 2. The fraction of sp³-hybridized carbons (Fsp3) is 0.440. The number of amides is 2. The number of carbonyl (C=O) groups is 2. The minimum atomic E-state index is -0.0226. The van der Waals surface area contributed by atoms with Gasteiger partial charge in [-0.3, -0.25) is 14.5 Å². The van der Waals surface area contributed by atoms with E-state index in [-0.39, 0.29) is 17.9 Å². The molecular weight excluding hydrogens is 374 g/mol. The molecule has 158 valence electrons. The highest BCUT2D eigenvalue weighted by Crippen LogP contribution is 2.28. The van der Waals surface area contributed by atoms with E-state index in [1.54, 1.807) is 0 Å². The van der Waals surface area contributed by atoms with Crippen LogP contribution in [0.2, 0.25) is 0 Å². The van der Waals surface area contributed by atoms with Gasteiger partial charge < -0.3 is 10.2 Å². The quantitative estimate of drug-likeness (QED) is 0.803. The molecule has 5 heteroatoms. The van der Waals surface area contributed by atoms with Gasteiger partial charge >= 0.3 is 0 Å². The van der Waals surface area contributed by atoms with Crippen LogP contribution in [0, 0.1) is 5.92 Å². The first-order chi connectivity index (χ1) is 14.5. The molecule has 2 aromatic carbocycles. The zero-order chi connectivity index (χ0) is 21.1. The lowest BCUT2D eigenvalue weighted by Gasteiger charge is -2.22. The van der Waals surface area contributed by atoms with Crippen LogP contribution in [-0.4, -0.2) is 48.9 Å². The van der Waals surface area contributed by atoms with Crippen molar-refractivity contribution < 1.29 is 9.59 Å². The molecule has 0 bridgehead atoms. The molecule has 2 heterocycles. The van der Waals surface area contributed by atoms with Gasteiger partial charge in [0.25, 0.3) is 5.91 Å². The fourth-order valence-corrected chi connectivity index (χ4v) is 4.57. The lowest BCUT2D eigenvalue weighted by atomic mass is 9.98. The van der Waals surface area contributed by atoms with E-state index in [2.05, 4.69) is 34.5 Å². The molecule has 2 aromatic rings. The van der Waals surface area contributed by atoms with E-state index in [4.69, 9.17) is 0 Å². The molecule has 0 saturated carbocycles. The minimum Gasteiger partial charge on any atom is -0.350 e. The summed E-state index contributed by atoms with van der Waals surface area (Å²) in [6, 6.07) is 16.3. The van der Waals surface area contributed by atoms with Gasteiger partial charge in [0.05, 0.1) is 6.54 Å². The van der Waals surface area contributed by atoms with Crippen molar-refractivity contribution in [2.45, 2.75) is 39.2 Å². The van der Waals surface area contributed by atoms with Crippen LogP contribution < -0.4 is 10.2 Å². The Balaban J connectivity index is 1.28. The predicted molar refractivity (Wildman–Crippen MR) is 120 cm³/mol. The number of rotatable bonds is 6. The van der Waals surface area contributed by atoms with Gasteiger partial charge in [0.15, 0.2) is 0 Å². The highest BCUT2D eigenvalue weighted by molar-refractivity contribution is 5.96. The van der Waals surface area contributed by atoms with E-state index in [0.29, 0.717) is 18.0 Å². The summed E-state index contributed by atoms with van der Waals surface area (Å²) in [6.45, 7) is 7.15. The first kappa shape index (κ1) is 20.6. The molecule has 1 fully saturated rings. The summed E-state index contributed by atoms with van der Waals surface area (Å²) in [6.07, 6.45) is 3.05. The topological polar surface area (TPSA) is 52.7 Å². The third kappa shape index (κ3) is 4.73. The van der Waals surface area contributed by atoms with E-state index < -0.39 is 0 Å². The smallest absolute Gasteiger partial charge is 0.251 e. The average Bonchev–Trinajstić information content (AvgIpc) is 3.34. The molecule has 2 aliphatic rings. The molecule has 30 heavy (non-hydrogen) atoms. The van der Waals surface area contributed by atoms with Gasteiger partial charge in [-0.1, -0.05) is 30.3 Å². The van der Waals surface area contributed by atoms with Crippen molar-refractivity contribution in [3.05, 3.63) is 65.2 Å². The Labute approximate surface area is 179 Å². The summed E-state index contributed by atoms with van der Waals surface area (Å²) < 4.78 is 0. The van der Waals surface area contributed by atoms with E-state index in [1.165, 1.54) is 11.1 Å². The van der Waals surface area contributed by atoms with Crippen LogP contribution in [0.5, 0.6) is 0 Å². The second-order valence-electron chi connectivity index (χ2n) is 8.84. The molecule has 1 N–H and O–H groups in total. The van der Waals surface area contributed by atoms with Gasteiger partial charge in [-0.05, 0) is 74.9 Å². The number of fused-ring (bicyclic) bond motifs is 1. The van der Waals surface area contributed by atoms with Crippen molar-refractivity contribution in [2.24, 2.45) is 5.92 Å². The molecule has 1 unspecified atom stereocenters. The normalized spacial score (nSPS) is 18.6. The molecule has 5 nitrogen and oxygen atoms in total. The van der Waals surface area contributed by atoms with Gasteiger partial charge in [-0.2, -0.15) is 0 Å². The first-order valence-corrected chi connectivity index (χ1v) is 11.0. The number of carbonyl (C=O) groups excluding carboxylic acids is 2. The fourth-order valence-electron chi connectivity index (χ4n) is 4.57. The van der Waals surface area contributed by atoms with E-state index in [0.717, 1.165) is 44.6 Å². The summed E-state index contributed by atoms with van der Waals surface area (Å²) in [7, 11) is 0. The molecule has 0 radical (unpaired) electrons. The van der Waals surface area contributed by atoms with Gasteiger partial charge in [0, 0.05) is 30.4 Å². The zero-order valence-electron chi connectivity index (χ0n) is 17.9. The predicted octanol–water partition coefficient (Wildman–Crippen LogP) is 3.28. The zero-order valence-corrected chi connectivity index (χ0v) is 17.9. The summed E-state index contributed by atoms with van der Waals surface area (Å²) >= 11 is 0. The molecule has 0 spiro atoms. The minimum absolute atomic E-state index is 0.0226. The molecule has 2 aliphatic heterocycles. The van der Waals surface area contributed by atoms with Crippen LogP contribution in [-0.2, 0) is 17.6 Å². The van der Waals surface area contributed by atoms with Crippen LogP contribution in [0.15, 0.2) is 48.5 Å². The second-order valence-corrected chi connectivity index (χ2v) is 8.84. The van der Waals surface area contributed by atoms with E-state index >= 15 is 0 Å². The van der Waals surface area contributed by atoms with Crippen LogP contribution in [0.4, 0.5) is 5.69 Å². The molecule has 0 aliphatic carbocycles. The summed E-state index contributed by atoms with van der Waals surface area (Å²) in [5, 5.41) is 2.92. The second kappa shape index (κ2) is 9.00. The summed E-state index contributed by atoms with van der Waals surface area (Å²) in [5.74, 6) is 0.741. The number of anilines is 1. The van der Waals surface area contributed by atoms with Crippen molar-refractivity contribution >= 4 is 17.5 Å². The Kier molecular flexibility index (Phi) is 6.18. The maximum absolute atomic E-state index is 12.9. The first-order valence-electron chi connectivity index (χ1n) is 11.0. The molecule has 2 amide bonds. The van der Waals surface area contributed by atoms with Gasteiger partial charge in [-0.15, -0.1) is 0 Å². The Morgan fingerprint density at radius 3 is 2.60 bits per heavy atom. The van der Waals surface area contributed by atoms with Crippen molar-refractivity contribution in [3.63, 3.8) is 0 Å². The third-order valence-electron chi connectivity index (χ3n) is 6.08. The Morgan fingerprint density at radius 1 is 1.07 bits per heavy atom. The number of hydrogen-bond acceptors (Lipinski definition) is 3. The highest BCUT2D eigenvalue weighted by atomic mass is 16.2. The lowest BCUT2D eigenvalue weighted by Crippen LogP contribution is -2.38. The molecule has 0 aromatic heterocycles. The molecular formula is C25H31N3O2. The highest BCUT2D eigenvalue weighted by Gasteiger charge is 2.29.